The van der Waals surface area contributed by atoms with Crippen molar-refractivity contribution in [1.29, 1.82) is 0 Å². The van der Waals surface area contributed by atoms with E-state index in [2.05, 4.69) is 25.3 Å². The number of nitrogens with one attached hydrogen (secondary N) is 2. The monoisotopic (exact) mass is 336 g/mol. The molecule has 0 unspecified atom stereocenters. The van der Waals surface area contributed by atoms with E-state index in [0.717, 1.165) is 0 Å². The smallest absolute Gasteiger partial charge is 0.242 e. The maximum Gasteiger partial charge on any atom is 0.242 e. The highest BCUT2D eigenvalue weighted by molar-refractivity contribution is 7.89. The van der Waals surface area contributed by atoms with Gasteiger partial charge in [0.2, 0.25) is 10.0 Å². The van der Waals surface area contributed by atoms with Crippen LogP contribution in [-0.4, -0.2) is 29.0 Å². The molecular formula is C9H10Cl2N6O2S. The lowest BCUT2D eigenvalue weighted by atomic mass is 10.2. The van der Waals surface area contributed by atoms with E-state index in [4.69, 9.17) is 28.9 Å². The maximum atomic E-state index is 12.2. The average molecular weight is 337 g/mol. The van der Waals surface area contributed by atoms with Crippen LogP contribution in [0, 0.1) is 0 Å². The van der Waals surface area contributed by atoms with E-state index in [-0.39, 0.29) is 28.8 Å². The third-order valence-corrected chi connectivity index (χ3v) is 4.64. The fourth-order valence-corrected chi connectivity index (χ4v) is 3.28. The summed E-state index contributed by atoms with van der Waals surface area (Å²) in [4.78, 5) is -0.104. The molecule has 11 heteroatoms. The van der Waals surface area contributed by atoms with Gasteiger partial charge in [0.15, 0.2) is 5.82 Å². The van der Waals surface area contributed by atoms with Gasteiger partial charge in [-0.3, -0.25) is 0 Å². The molecule has 8 nitrogen and oxygen atoms in total. The maximum absolute atomic E-state index is 12.2. The van der Waals surface area contributed by atoms with E-state index in [0.29, 0.717) is 10.6 Å². The Labute approximate surface area is 124 Å². The van der Waals surface area contributed by atoms with Crippen LogP contribution in [0.4, 0.5) is 0 Å². The lowest BCUT2D eigenvalue weighted by molar-refractivity contribution is 0.579. The topological polar surface area (TPSA) is 127 Å². The molecule has 0 fully saturated rings. The van der Waals surface area contributed by atoms with E-state index in [9.17, 15) is 8.42 Å². The van der Waals surface area contributed by atoms with Crippen molar-refractivity contribution >= 4 is 33.2 Å². The highest BCUT2D eigenvalue weighted by atomic mass is 35.5. The molecular weight excluding hydrogens is 327 g/mol. The zero-order chi connectivity index (χ0) is 14.8. The summed E-state index contributed by atoms with van der Waals surface area (Å²) in [7, 11) is -3.83. The lowest BCUT2D eigenvalue weighted by Gasteiger charge is -2.10. The molecule has 4 N–H and O–H groups in total. The zero-order valence-electron chi connectivity index (χ0n) is 9.97. The number of benzene rings is 1. The SMILES string of the molecule is NCc1cc(S(=O)(=O)NCc2nn[nH]n2)c(Cl)cc1Cl. The Hall–Kier alpha value is -1.26. The first-order valence-corrected chi connectivity index (χ1v) is 7.58. The fourth-order valence-electron chi connectivity index (χ4n) is 1.43. The molecule has 0 aliphatic rings. The first kappa shape index (κ1) is 15.1. The summed E-state index contributed by atoms with van der Waals surface area (Å²) in [5.74, 6) is 0.206. The van der Waals surface area contributed by atoms with Gasteiger partial charge in [0.25, 0.3) is 0 Å². The van der Waals surface area contributed by atoms with Crippen molar-refractivity contribution in [3.63, 3.8) is 0 Å². The van der Waals surface area contributed by atoms with Gasteiger partial charge in [-0.25, -0.2) is 13.1 Å². The number of nitrogens with two attached hydrogens (primary N) is 1. The summed E-state index contributed by atoms with van der Waals surface area (Å²) < 4.78 is 26.6. The Bertz CT molecular complexity index is 703. The van der Waals surface area contributed by atoms with Gasteiger partial charge < -0.3 is 5.73 Å². The molecule has 0 aliphatic carbocycles. The summed E-state index contributed by atoms with van der Waals surface area (Å²) in [5, 5.41) is 13.1. The Balaban J connectivity index is 2.29. The van der Waals surface area contributed by atoms with Crippen LogP contribution < -0.4 is 10.5 Å². The second-order valence-corrected chi connectivity index (χ2v) is 6.28. The van der Waals surface area contributed by atoms with Crippen LogP contribution >= 0.6 is 23.2 Å². The first-order chi connectivity index (χ1) is 9.44. The molecule has 2 aromatic rings. The average Bonchev–Trinajstić information content (AvgIpc) is 2.89. The molecule has 0 aliphatic heterocycles. The zero-order valence-corrected chi connectivity index (χ0v) is 12.3. The van der Waals surface area contributed by atoms with Gasteiger partial charge in [0.1, 0.15) is 4.90 Å². The highest BCUT2D eigenvalue weighted by Crippen LogP contribution is 2.28. The molecule has 2 rings (SSSR count). The third kappa shape index (κ3) is 3.25. The van der Waals surface area contributed by atoms with Crippen molar-refractivity contribution in [2.45, 2.75) is 18.0 Å². The molecule has 0 spiro atoms. The van der Waals surface area contributed by atoms with Crippen LogP contribution in [0.5, 0.6) is 0 Å². The van der Waals surface area contributed by atoms with Crippen molar-refractivity contribution in [2.24, 2.45) is 5.73 Å². The number of aromatic amines is 1. The second-order valence-electron chi connectivity index (χ2n) is 3.73. The molecule has 0 saturated carbocycles. The second kappa shape index (κ2) is 6.02. The minimum Gasteiger partial charge on any atom is -0.326 e. The summed E-state index contributed by atoms with van der Waals surface area (Å²) in [6.07, 6.45) is 0. The number of aromatic nitrogens is 4. The van der Waals surface area contributed by atoms with Crippen molar-refractivity contribution < 1.29 is 8.42 Å². The number of sulfonamides is 1. The molecule has 0 atom stereocenters. The van der Waals surface area contributed by atoms with E-state index in [1.807, 2.05) is 0 Å². The molecule has 0 saturated heterocycles. The van der Waals surface area contributed by atoms with Gasteiger partial charge in [-0.1, -0.05) is 28.4 Å². The molecule has 108 valence electrons. The third-order valence-electron chi connectivity index (χ3n) is 2.42. The van der Waals surface area contributed by atoms with Gasteiger partial charge in [-0.15, -0.1) is 10.2 Å². The van der Waals surface area contributed by atoms with Crippen molar-refractivity contribution in [3.05, 3.63) is 33.6 Å². The summed E-state index contributed by atoms with van der Waals surface area (Å²) in [6.45, 7) is -0.0148. The molecule has 1 aromatic heterocycles. The van der Waals surface area contributed by atoms with Crippen molar-refractivity contribution in [1.82, 2.24) is 25.3 Å². The standard InChI is InChI=1S/C9H10Cl2N6O2S/c10-6-2-7(11)8(1-5(6)3-12)20(18,19)13-4-9-14-16-17-15-9/h1-2,13H,3-4,12H2,(H,14,15,16,17). The minimum atomic E-state index is -3.83. The summed E-state index contributed by atoms with van der Waals surface area (Å²) in [6, 6.07) is 2.68. The molecule has 20 heavy (non-hydrogen) atoms. The van der Waals surface area contributed by atoms with E-state index >= 15 is 0 Å². The van der Waals surface area contributed by atoms with Crippen LogP contribution in [-0.2, 0) is 23.1 Å². The quantitative estimate of drug-likeness (QED) is 0.727. The predicted octanol–water partition coefficient (Wildman–Crippen LogP) is 0.444. The minimum absolute atomic E-state index is 0.00723. The summed E-state index contributed by atoms with van der Waals surface area (Å²) in [5.41, 5.74) is 5.97. The van der Waals surface area contributed by atoms with Gasteiger partial charge in [-0.2, -0.15) is 5.21 Å². The Morgan fingerprint density at radius 3 is 2.65 bits per heavy atom. The Morgan fingerprint density at radius 2 is 2.05 bits per heavy atom. The van der Waals surface area contributed by atoms with Gasteiger partial charge in [0, 0.05) is 11.6 Å². The van der Waals surface area contributed by atoms with Crippen molar-refractivity contribution in [2.75, 3.05) is 0 Å². The molecule has 0 amide bonds. The van der Waals surface area contributed by atoms with Gasteiger partial charge in [-0.05, 0) is 17.7 Å². The number of H-pyrrole nitrogens is 1. The van der Waals surface area contributed by atoms with Crippen LogP contribution in [0.1, 0.15) is 11.4 Å². The molecule has 0 radical (unpaired) electrons. The predicted molar refractivity (Wildman–Crippen MR) is 72.6 cm³/mol. The highest BCUT2D eigenvalue weighted by Gasteiger charge is 2.20. The first-order valence-electron chi connectivity index (χ1n) is 5.34. The Kier molecular flexibility index (Phi) is 4.55. The number of halogens is 2. The molecule has 1 aromatic carbocycles. The summed E-state index contributed by atoms with van der Waals surface area (Å²) >= 11 is 11.8. The van der Waals surface area contributed by atoms with E-state index in [1.54, 1.807) is 0 Å². The van der Waals surface area contributed by atoms with Crippen molar-refractivity contribution in [3.8, 4) is 0 Å². The van der Waals surface area contributed by atoms with Gasteiger partial charge >= 0.3 is 0 Å². The lowest BCUT2D eigenvalue weighted by Crippen LogP contribution is -2.24. The fraction of sp³-hybridized carbons (Fsp3) is 0.222. The van der Waals surface area contributed by atoms with Crippen LogP contribution in [0.2, 0.25) is 10.0 Å². The number of hydrogen-bond donors (Lipinski definition) is 3. The number of rotatable bonds is 5. The van der Waals surface area contributed by atoms with E-state index < -0.39 is 10.0 Å². The van der Waals surface area contributed by atoms with Crippen LogP contribution in [0.15, 0.2) is 17.0 Å². The number of hydrogen-bond acceptors (Lipinski definition) is 6. The van der Waals surface area contributed by atoms with Gasteiger partial charge in [0.05, 0.1) is 11.6 Å². The van der Waals surface area contributed by atoms with Crippen LogP contribution in [0.25, 0.3) is 0 Å². The number of tetrazole rings is 1. The van der Waals surface area contributed by atoms with E-state index in [1.165, 1.54) is 12.1 Å². The van der Waals surface area contributed by atoms with Crippen LogP contribution in [0.3, 0.4) is 0 Å². The largest absolute Gasteiger partial charge is 0.326 e. The molecule has 0 bridgehead atoms. The molecule has 1 heterocycles. The Morgan fingerprint density at radius 1 is 1.30 bits per heavy atom. The number of nitrogens with zero attached hydrogens (tertiary/aromatic N) is 3. The normalized spacial score (nSPS) is 11.8.